The predicted molar refractivity (Wildman–Crippen MR) is 96.5 cm³/mol. The minimum absolute atomic E-state index is 0.132. The molecule has 2 atom stereocenters. The zero-order valence-corrected chi connectivity index (χ0v) is 16.4. The van der Waals surface area contributed by atoms with Crippen molar-refractivity contribution < 1.29 is 23.2 Å². The van der Waals surface area contributed by atoms with E-state index in [1.165, 1.54) is 6.26 Å². The molecule has 1 aromatic heterocycles. The van der Waals surface area contributed by atoms with Gasteiger partial charge in [-0.3, -0.25) is 4.79 Å². The van der Waals surface area contributed by atoms with Crippen LogP contribution in [0, 0.1) is 0 Å². The third-order valence-corrected chi connectivity index (χ3v) is 9.55. The number of amides is 2. The van der Waals surface area contributed by atoms with Crippen LogP contribution in [0.5, 0.6) is 0 Å². The summed E-state index contributed by atoms with van der Waals surface area (Å²) >= 11 is 0. The summed E-state index contributed by atoms with van der Waals surface area (Å²) < 4.78 is 16.9. The molecule has 0 unspecified atom stereocenters. The van der Waals surface area contributed by atoms with Crippen molar-refractivity contribution >= 4 is 20.3 Å². The van der Waals surface area contributed by atoms with Crippen molar-refractivity contribution in [2.45, 2.75) is 58.0 Å². The first-order valence-corrected chi connectivity index (χ1v) is 11.4. The Labute approximate surface area is 149 Å². The van der Waals surface area contributed by atoms with Gasteiger partial charge in [0.1, 0.15) is 18.4 Å². The van der Waals surface area contributed by atoms with Crippen LogP contribution in [0.15, 0.2) is 35.0 Å². The number of rotatable bonds is 8. The lowest BCUT2D eigenvalue weighted by atomic mass is 9.96. The Morgan fingerprint density at radius 3 is 2.52 bits per heavy atom. The molecule has 0 N–H and O–H groups in total. The van der Waals surface area contributed by atoms with Crippen LogP contribution in [0.25, 0.3) is 0 Å². The molecule has 0 bridgehead atoms. The van der Waals surface area contributed by atoms with Gasteiger partial charge in [0.2, 0.25) is 0 Å². The van der Waals surface area contributed by atoms with Crippen molar-refractivity contribution in [2.24, 2.45) is 0 Å². The molecule has 25 heavy (non-hydrogen) atoms. The minimum Gasteiger partial charge on any atom is -0.467 e. The van der Waals surface area contributed by atoms with Crippen LogP contribution in [-0.2, 0) is 14.0 Å². The first kappa shape index (κ1) is 19.5. The molecular formula is C18H27NO5Si. The second-order valence-corrected chi connectivity index (χ2v) is 10.8. The maximum atomic E-state index is 12.6. The number of allylic oxidation sites excluding steroid dienone is 1. The highest BCUT2D eigenvalue weighted by Crippen LogP contribution is 2.41. The Morgan fingerprint density at radius 2 is 2.00 bits per heavy atom. The molecule has 6 nitrogen and oxygen atoms in total. The quantitative estimate of drug-likeness (QED) is 0.391. The summed E-state index contributed by atoms with van der Waals surface area (Å²) in [4.78, 5) is 26.0. The lowest BCUT2D eigenvalue weighted by Gasteiger charge is -2.46. The molecule has 1 saturated heterocycles. The standard InChI is InChI=1S/C18H27NO5Si/c1-5-9-12-23-18(21)19-15(14-11-10-13-22-14)16(17(19)20)24-25(6-2,7-3)8-4/h5,9-11,13,15-16H,6-8,12H2,1-4H3/b9-5+/t15-,16+/m0/s1. The van der Waals surface area contributed by atoms with E-state index >= 15 is 0 Å². The van der Waals surface area contributed by atoms with E-state index in [9.17, 15) is 9.59 Å². The summed E-state index contributed by atoms with van der Waals surface area (Å²) in [5, 5.41) is 0. The lowest BCUT2D eigenvalue weighted by Crippen LogP contribution is -2.64. The van der Waals surface area contributed by atoms with Gasteiger partial charge in [-0.25, -0.2) is 9.69 Å². The van der Waals surface area contributed by atoms with Gasteiger partial charge in [0.05, 0.1) is 6.26 Å². The van der Waals surface area contributed by atoms with E-state index in [0.717, 1.165) is 23.0 Å². The fourth-order valence-corrected chi connectivity index (χ4v) is 5.84. The molecule has 2 amide bonds. The van der Waals surface area contributed by atoms with Crippen molar-refractivity contribution in [3.05, 3.63) is 36.3 Å². The average molecular weight is 366 g/mol. The van der Waals surface area contributed by atoms with E-state index in [1.54, 1.807) is 24.3 Å². The van der Waals surface area contributed by atoms with E-state index in [1.807, 2.05) is 6.92 Å². The lowest BCUT2D eigenvalue weighted by molar-refractivity contribution is -0.162. The number of hydrogen-bond acceptors (Lipinski definition) is 5. The fraction of sp³-hybridized carbons (Fsp3) is 0.556. The van der Waals surface area contributed by atoms with Crippen molar-refractivity contribution in [3.63, 3.8) is 0 Å². The van der Waals surface area contributed by atoms with E-state index in [4.69, 9.17) is 13.6 Å². The number of carbonyl (C=O) groups excluding carboxylic acids is 2. The van der Waals surface area contributed by atoms with Gasteiger partial charge >= 0.3 is 6.09 Å². The molecule has 0 spiro atoms. The third kappa shape index (κ3) is 3.87. The number of nitrogens with zero attached hydrogens (tertiary/aromatic N) is 1. The summed E-state index contributed by atoms with van der Waals surface area (Å²) in [6.45, 7) is 8.28. The highest BCUT2D eigenvalue weighted by atomic mass is 28.4. The summed E-state index contributed by atoms with van der Waals surface area (Å²) in [6, 6.07) is 5.73. The number of carbonyl (C=O) groups is 2. The van der Waals surface area contributed by atoms with Crippen molar-refractivity contribution in [1.29, 1.82) is 0 Å². The maximum Gasteiger partial charge on any atom is 0.417 e. The summed E-state index contributed by atoms with van der Waals surface area (Å²) in [7, 11) is -1.99. The van der Waals surface area contributed by atoms with Crippen molar-refractivity contribution in [2.75, 3.05) is 6.61 Å². The zero-order chi connectivity index (χ0) is 18.4. The van der Waals surface area contributed by atoms with E-state index in [-0.39, 0.29) is 12.5 Å². The fourth-order valence-electron chi connectivity index (χ4n) is 3.07. The molecule has 2 heterocycles. The molecule has 0 saturated carbocycles. The zero-order valence-electron chi connectivity index (χ0n) is 15.4. The van der Waals surface area contributed by atoms with Gasteiger partial charge in [-0.2, -0.15) is 0 Å². The molecular weight excluding hydrogens is 338 g/mol. The largest absolute Gasteiger partial charge is 0.467 e. The SMILES string of the molecule is C/C=C/COC(=O)N1C(=O)[C@H](O[Si](CC)(CC)CC)[C@@H]1c1ccco1. The van der Waals surface area contributed by atoms with Crippen molar-refractivity contribution in [1.82, 2.24) is 4.90 Å². The second kappa shape index (κ2) is 8.49. The van der Waals surface area contributed by atoms with Crippen LogP contribution in [-0.4, -0.2) is 37.9 Å². The molecule has 0 aliphatic carbocycles. The Bertz CT molecular complexity index is 601. The van der Waals surface area contributed by atoms with Crippen LogP contribution in [0.1, 0.15) is 39.5 Å². The van der Waals surface area contributed by atoms with Gasteiger partial charge in [-0.15, -0.1) is 0 Å². The van der Waals surface area contributed by atoms with Crippen molar-refractivity contribution in [3.8, 4) is 0 Å². The van der Waals surface area contributed by atoms with Gasteiger partial charge in [0.15, 0.2) is 14.4 Å². The summed E-state index contributed by atoms with van der Waals surface area (Å²) in [5.41, 5.74) is 0. The highest BCUT2D eigenvalue weighted by Gasteiger charge is 2.56. The summed E-state index contributed by atoms with van der Waals surface area (Å²) in [6.07, 6.45) is 3.68. The maximum absolute atomic E-state index is 12.6. The Kier molecular flexibility index (Phi) is 6.61. The second-order valence-electron chi connectivity index (χ2n) is 6.10. The Balaban J connectivity index is 2.20. The summed E-state index contributed by atoms with van der Waals surface area (Å²) in [5.74, 6) is 0.192. The predicted octanol–water partition coefficient (Wildman–Crippen LogP) is 4.27. The molecule has 1 aliphatic heterocycles. The Hall–Kier alpha value is -1.86. The van der Waals surface area contributed by atoms with E-state index in [0.29, 0.717) is 5.76 Å². The van der Waals surface area contributed by atoms with E-state index < -0.39 is 26.6 Å². The van der Waals surface area contributed by atoms with Gasteiger partial charge < -0.3 is 13.6 Å². The number of ether oxygens (including phenoxy) is 1. The topological polar surface area (TPSA) is 69.0 Å². The Morgan fingerprint density at radius 1 is 1.32 bits per heavy atom. The van der Waals surface area contributed by atoms with Gasteiger partial charge in [0.25, 0.3) is 5.91 Å². The van der Waals surface area contributed by atoms with Crippen LogP contribution < -0.4 is 0 Å². The van der Waals surface area contributed by atoms with Crippen LogP contribution in [0.3, 0.4) is 0 Å². The monoisotopic (exact) mass is 365 g/mol. The third-order valence-electron chi connectivity index (χ3n) is 4.93. The number of imide groups is 1. The van der Waals surface area contributed by atoms with Crippen LogP contribution in [0.2, 0.25) is 18.1 Å². The number of hydrogen-bond donors (Lipinski definition) is 0. The highest BCUT2D eigenvalue weighted by molar-refractivity contribution is 6.73. The van der Waals surface area contributed by atoms with Crippen LogP contribution >= 0.6 is 0 Å². The van der Waals surface area contributed by atoms with Gasteiger partial charge in [-0.05, 0) is 37.2 Å². The van der Waals surface area contributed by atoms with E-state index in [2.05, 4.69) is 20.8 Å². The molecule has 1 aliphatic rings. The number of likely N-dealkylation sites (tertiary alicyclic amines) is 1. The first-order valence-electron chi connectivity index (χ1n) is 8.85. The van der Waals surface area contributed by atoms with Gasteiger partial charge in [-0.1, -0.05) is 32.9 Å². The number of β-lactam (4-membered cyclic amide) rings is 1. The van der Waals surface area contributed by atoms with Crippen LogP contribution in [0.4, 0.5) is 4.79 Å². The molecule has 1 fully saturated rings. The molecule has 0 radical (unpaired) electrons. The smallest absolute Gasteiger partial charge is 0.417 e. The average Bonchev–Trinajstić information content (AvgIpc) is 3.15. The molecule has 7 heteroatoms. The molecule has 1 aromatic rings. The minimum atomic E-state index is -1.99. The molecule has 2 rings (SSSR count). The molecule has 138 valence electrons. The first-order chi connectivity index (χ1) is 12.0. The molecule has 0 aromatic carbocycles. The number of furan rings is 1. The normalized spacial score (nSPS) is 20.8. The van der Waals surface area contributed by atoms with Gasteiger partial charge in [0, 0.05) is 0 Å².